The molecule has 1 aliphatic carbocycles. The number of hydrogen-bond donors (Lipinski definition) is 3. The number of hydrogen-bond acceptors (Lipinski definition) is 6. The largest absolute Gasteiger partial charge is 0.522 e. The summed E-state index contributed by atoms with van der Waals surface area (Å²) in [6.07, 6.45) is -6.35. The normalized spacial score (nSPS) is 27.6. The summed E-state index contributed by atoms with van der Waals surface area (Å²) >= 11 is 0. The maximum absolute atomic E-state index is 14.2. The first-order valence-corrected chi connectivity index (χ1v) is 11.7. The predicted molar refractivity (Wildman–Crippen MR) is 115 cm³/mol. The van der Waals surface area contributed by atoms with Crippen LogP contribution in [0.2, 0.25) is 0 Å². The van der Waals surface area contributed by atoms with Crippen molar-refractivity contribution in [3.63, 3.8) is 0 Å². The zero-order chi connectivity index (χ0) is 28.0. The van der Waals surface area contributed by atoms with Gasteiger partial charge in [0.1, 0.15) is 12.6 Å². The van der Waals surface area contributed by atoms with Gasteiger partial charge in [-0.1, -0.05) is 0 Å². The Morgan fingerprint density at radius 1 is 1.19 bits per heavy atom. The molecule has 0 bridgehead atoms. The van der Waals surface area contributed by atoms with Crippen LogP contribution in [0, 0.1) is 11.3 Å². The molecule has 4 amide bonds. The number of carbonyl (C=O) groups excluding carboxylic acids is 5. The Hall–Kier alpha value is -2.84. The summed E-state index contributed by atoms with van der Waals surface area (Å²) in [4.78, 5) is 63.6. The summed E-state index contributed by atoms with van der Waals surface area (Å²) in [5.74, 6) is -9.08. The molecule has 3 N–H and O–H groups in total. The van der Waals surface area contributed by atoms with E-state index < -0.39 is 96.6 Å². The lowest BCUT2D eigenvalue weighted by molar-refractivity contribution is -0.321. The molecule has 208 valence electrons. The van der Waals surface area contributed by atoms with E-state index in [0.29, 0.717) is 4.90 Å². The SMILES string of the molecule is CC(C)(C)NC(=O)C(=O)N1CC2(CC1C(=O)N[C@@H](C[C@@H]1CCNC1=O)C(=O)COC(F)(F)F)CC2(F)F. The molecule has 3 aliphatic rings. The topological polar surface area (TPSA) is 134 Å². The monoisotopic (exact) mass is 540 g/mol. The van der Waals surface area contributed by atoms with Gasteiger partial charge in [0.15, 0.2) is 5.78 Å². The van der Waals surface area contributed by atoms with Gasteiger partial charge < -0.3 is 20.9 Å². The van der Waals surface area contributed by atoms with Gasteiger partial charge in [-0.2, -0.15) is 0 Å². The second-order valence-corrected chi connectivity index (χ2v) is 10.8. The molecule has 0 aromatic heterocycles. The first-order chi connectivity index (χ1) is 16.8. The molecule has 10 nitrogen and oxygen atoms in total. The number of Topliss-reactive ketones (excluding diaryl/α,β-unsaturated/α-hetero) is 1. The predicted octanol–water partition coefficient (Wildman–Crippen LogP) is 0.644. The quantitative estimate of drug-likeness (QED) is 0.321. The van der Waals surface area contributed by atoms with Crippen molar-refractivity contribution in [3.05, 3.63) is 0 Å². The number of likely N-dealkylation sites (tertiary alicyclic amines) is 1. The minimum absolute atomic E-state index is 0.259. The Morgan fingerprint density at radius 3 is 2.30 bits per heavy atom. The Labute approximate surface area is 209 Å². The Morgan fingerprint density at radius 2 is 1.81 bits per heavy atom. The molecule has 4 atom stereocenters. The van der Waals surface area contributed by atoms with E-state index in [-0.39, 0.29) is 19.4 Å². The third kappa shape index (κ3) is 6.73. The molecule has 2 unspecified atom stereocenters. The van der Waals surface area contributed by atoms with Gasteiger partial charge in [0.2, 0.25) is 11.8 Å². The molecule has 2 heterocycles. The number of ether oxygens (including phenoxy) is 1. The minimum atomic E-state index is -5.13. The van der Waals surface area contributed by atoms with E-state index in [4.69, 9.17) is 0 Å². The molecule has 1 saturated carbocycles. The number of nitrogens with one attached hydrogen (secondary N) is 3. The highest BCUT2D eigenvalue weighted by Crippen LogP contribution is 2.66. The summed E-state index contributed by atoms with van der Waals surface area (Å²) < 4.78 is 69.3. The van der Waals surface area contributed by atoms with E-state index in [9.17, 15) is 45.9 Å². The highest BCUT2D eigenvalue weighted by molar-refractivity contribution is 6.35. The van der Waals surface area contributed by atoms with Crippen LogP contribution in [0.15, 0.2) is 0 Å². The van der Waals surface area contributed by atoms with Gasteiger partial charge in [-0.25, -0.2) is 8.78 Å². The van der Waals surface area contributed by atoms with E-state index in [0.717, 1.165) is 0 Å². The van der Waals surface area contributed by atoms with Crippen molar-refractivity contribution < 1.29 is 50.7 Å². The molecule has 0 radical (unpaired) electrons. The van der Waals surface area contributed by atoms with Gasteiger partial charge in [0.25, 0.3) is 5.92 Å². The van der Waals surface area contributed by atoms with Gasteiger partial charge in [-0.15, -0.1) is 13.2 Å². The minimum Gasteiger partial charge on any atom is -0.356 e. The lowest BCUT2D eigenvalue weighted by atomic mass is 9.95. The fraction of sp³-hybridized carbons (Fsp3) is 0.773. The molecule has 3 rings (SSSR count). The van der Waals surface area contributed by atoms with E-state index in [1.54, 1.807) is 20.8 Å². The lowest BCUT2D eigenvalue weighted by Crippen LogP contribution is -2.55. The fourth-order valence-electron chi connectivity index (χ4n) is 4.67. The zero-order valence-corrected chi connectivity index (χ0v) is 20.5. The summed E-state index contributed by atoms with van der Waals surface area (Å²) in [5, 5.41) is 7.12. The van der Waals surface area contributed by atoms with Crippen LogP contribution < -0.4 is 16.0 Å². The third-order valence-corrected chi connectivity index (χ3v) is 6.66. The van der Waals surface area contributed by atoms with Crippen LogP contribution in [0.4, 0.5) is 22.0 Å². The number of rotatable bonds is 7. The average molecular weight is 540 g/mol. The molecule has 0 aromatic rings. The molecule has 37 heavy (non-hydrogen) atoms. The summed E-state index contributed by atoms with van der Waals surface area (Å²) in [7, 11) is 0. The number of amides is 4. The average Bonchev–Trinajstić information content (AvgIpc) is 3.06. The molecule has 2 saturated heterocycles. The molecular formula is C22H29F5N4O6. The summed E-state index contributed by atoms with van der Waals surface area (Å²) in [6, 6.07) is -3.21. The second-order valence-electron chi connectivity index (χ2n) is 10.8. The molecule has 2 aliphatic heterocycles. The molecule has 1 spiro atoms. The Balaban J connectivity index is 1.80. The number of nitrogens with zero attached hydrogens (tertiary/aromatic N) is 1. The summed E-state index contributed by atoms with van der Waals surface area (Å²) in [5.41, 5.74) is -2.57. The Bertz CT molecular complexity index is 982. The smallest absolute Gasteiger partial charge is 0.356 e. The Kier molecular flexibility index (Phi) is 7.61. The van der Waals surface area contributed by atoms with Crippen molar-refractivity contribution in [2.75, 3.05) is 19.7 Å². The highest BCUT2D eigenvalue weighted by Gasteiger charge is 2.75. The van der Waals surface area contributed by atoms with Crippen molar-refractivity contribution in [3.8, 4) is 0 Å². The fourth-order valence-corrected chi connectivity index (χ4v) is 4.67. The van der Waals surface area contributed by atoms with Crippen molar-refractivity contribution in [1.29, 1.82) is 0 Å². The van der Waals surface area contributed by atoms with Gasteiger partial charge in [0.05, 0.1) is 11.5 Å². The second kappa shape index (κ2) is 9.80. The van der Waals surface area contributed by atoms with Crippen LogP contribution in [0.5, 0.6) is 0 Å². The molecule has 3 fully saturated rings. The van der Waals surface area contributed by atoms with Crippen LogP contribution in [0.25, 0.3) is 0 Å². The number of carbonyl (C=O) groups is 5. The highest BCUT2D eigenvalue weighted by atomic mass is 19.4. The molecular weight excluding hydrogens is 511 g/mol. The standard InChI is InChI=1S/C22H29F5N4O6/c1-19(2,3)30-17(35)18(36)31-10-20(9-21(20,23)24)7-13(31)16(34)29-12(6-11-4-5-28-15(11)33)14(32)8-37-22(25,26)27/h11-13H,4-10H2,1-3H3,(H,28,33)(H,29,34)(H,30,35)/t11-,12-,13?,20?/m0/s1. The van der Waals surface area contributed by atoms with Crippen LogP contribution >= 0.6 is 0 Å². The van der Waals surface area contributed by atoms with E-state index in [1.807, 2.05) is 0 Å². The van der Waals surface area contributed by atoms with Crippen molar-refractivity contribution in [2.45, 2.75) is 76.4 Å². The van der Waals surface area contributed by atoms with Crippen LogP contribution in [-0.2, 0) is 28.7 Å². The van der Waals surface area contributed by atoms with Gasteiger partial charge in [0, 0.05) is 31.0 Å². The number of ketones is 1. The maximum Gasteiger partial charge on any atom is 0.522 e. The van der Waals surface area contributed by atoms with E-state index in [1.165, 1.54) is 0 Å². The third-order valence-electron chi connectivity index (χ3n) is 6.66. The van der Waals surface area contributed by atoms with Crippen LogP contribution in [-0.4, -0.2) is 83.9 Å². The van der Waals surface area contributed by atoms with Crippen molar-refractivity contribution in [1.82, 2.24) is 20.9 Å². The van der Waals surface area contributed by atoms with Gasteiger partial charge in [-0.05, 0) is 40.0 Å². The van der Waals surface area contributed by atoms with Crippen LogP contribution in [0.1, 0.15) is 46.5 Å². The number of alkyl halides is 5. The molecule has 0 aromatic carbocycles. The van der Waals surface area contributed by atoms with Crippen molar-refractivity contribution >= 4 is 29.4 Å². The first-order valence-electron chi connectivity index (χ1n) is 11.7. The zero-order valence-electron chi connectivity index (χ0n) is 20.5. The van der Waals surface area contributed by atoms with Gasteiger partial charge in [-0.3, -0.25) is 28.7 Å². The molecule has 15 heteroatoms. The van der Waals surface area contributed by atoms with E-state index in [2.05, 4.69) is 20.7 Å². The van der Waals surface area contributed by atoms with Gasteiger partial charge >= 0.3 is 18.2 Å². The number of halogens is 5. The lowest BCUT2D eigenvalue weighted by Gasteiger charge is -2.28. The first kappa shape index (κ1) is 28.7. The van der Waals surface area contributed by atoms with E-state index >= 15 is 0 Å². The maximum atomic E-state index is 14.2. The van der Waals surface area contributed by atoms with Crippen LogP contribution in [0.3, 0.4) is 0 Å². The summed E-state index contributed by atoms with van der Waals surface area (Å²) in [6.45, 7) is 2.98. The van der Waals surface area contributed by atoms with Crippen molar-refractivity contribution in [2.24, 2.45) is 11.3 Å².